The second kappa shape index (κ2) is 5.24. The van der Waals surface area contributed by atoms with Gasteiger partial charge < -0.3 is 5.32 Å². The Balaban J connectivity index is 2.24. The van der Waals surface area contributed by atoms with E-state index in [9.17, 15) is 4.79 Å². The van der Waals surface area contributed by atoms with Gasteiger partial charge in [0.2, 0.25) is 5.91 Å². The first-order valence-electron chi connectivity index (χ1n) is 4.01. The van der Waals surface area contributed by atoms with Crippen LogP contribution in [-0.4, -0.2) is 23.2 Å². The van der Waals surface area contributed by atoms with Crippen LogP contribution in [-0.2, 0) is 11.2 Å². The molecule has 0 saturated heterocycles. The molecule has 0 saturated carbocycles. The fraction of sp³-hybridized carbons (Fsp3) is 0.500. The van der Waals surface area contributed by atoms with E-state index in [1.54, 1.807) is 11.3 Å². The summed E-state index contributed by atoms with van der Waals surface area (Å²) in [6, 6.07) is 0. The van der Waals surface area contributed by atoms with Crippen molar-refractivity contribution < 1.29 is 4.79 Å². The molecule has 5 heteroatoms. The van der Waals surface area contributed by atoms with E-state index in [-0.39, 0.29) is 11.7 Å². The Labute approximate surface area is 87.0 Å². The molecule has 1 aromatic heterocycles. The van der Waals surface area contributed by atoms with E-state index in [4.69, 9.17) is 0 Å². The Bertz CT molecular complexity index is 285. The minimum atomic E-state index is -0.0321. The lowest BCUT2D eigenvalue weighted by Crippen LogP contribution is -2.26. The highest BCUT2D eigenvalue weighted by Gasteiger charge is 1.99. The van der Waals surface area contributed by atoms with Crippen LogP contribution in [0, 0.1) is 6.92 Å². The van der Waals surface area contributed by atoms with Crippen LogP contribution >= 0.6 is 24.0 Å². The summed E-state index contributed by atoms with van der Waals surface area (Å²) in [6.45, 7) is 2.61. The summed E-state index contributed by atoms with van der Waals surface area (Å²) < 4.78 is 0. The van der Waals surface area contributed by atoms with E-state index < -0.39 is 0 Å². The lowest BCUT2D eigenvalue weighted by Gasteiger charge is -1.99. The molecule has 0 aliphatic rings. The molecule has 72 valence electrons. The van der Waals surface area contributed by atoms with Gasteiger partial charge >= 0.3 is 0 Å². The number of nitrogens with zero attached hydrogens (tertiary/aromatic N) is 1. The molecule has 0 aliphatic heterocycles. The van der Waals surface area contributed by atoms with E-state index >= 15 is 0 Å². The number of thiazole rings is 1. The summed E-state index contributed by atoms with van der Waals surface area (Å²) in [5.41, 5.74) is 1.04. The fourth-order valence-corrected chi connectivity index (χ4v) is 1.67. The van der Waals surface area contributed by atoms with E-state index in [1.165, 1.54) is 0 Å². The molecule has 0 fully saturated rings. The first kappa shape index (κ1) is 10.5. The van der Waals surface area contributed by atoms with Crippen molar-refractivity contribution in [3.05, 3.63) is 16.1 Å². The van der Waals surface area contributed by atoms with E-state index in [2.05, 4.69) is 22.9 Å². The number of amides is 1. The predicted molar refractivity (Wildman–Crippen MR) is 57.4 cm³/mol. The highest BCUT2D eigenvalue weighted by molar-refractivity contribution is 7.81. The van der Waals surface area contributed by atoms with Crippen LogP contribution in [0.15, 0.2) is 5.38 Å². The lowest BCUT2D eigenvalue weighted by atomic mass is 10.3. The third kappa shape index (κ3) is 3.78. The normalized spacial score (nSPS) is 10.0. The molecule has 0 aliphatic carbocycles. The van der Waals surface area contributed by atoms with Crippen molar-refractivity contribution in [2.24, 2.45) is 0 Å². The number of carbonyl (C=O) groups excluding carboxylic acids is 1. The Kier molecular flexibility index (Phi) is 4.24. The van der Waals surface area contributed by atoms with Gasteiger partial charge in [0.05, 0.1) is 16.5 Å². The third-order valence-corrected chi connectivity index (χ3v) is 2.62. The van der Waals surface area contributed by atoms with Gasteiger partial charge in [0.15, 0.2) is 0 Å². The quantitative estimate of drug-likeness (QED) is 0.738. The standard InChI is InChI=1S/C8H12N2OS2/c1-6-10-7(5-13-6)2-3-9-8(11)4-12/h5,12H,2-4H2,1H3,(H,9,11). The largest absolute Gasteiger partial charge is 0.355 e. The van der Waals surface area contributed by atoms with Gasteiger partial charge in [-0.05, 0) is 6.92 Å². The Morgan fingerprint density at radius 3 is 3.08 bits per heavy atom. The highest BCUT2D eigenvalue weighted by atomic mass is 32.1. The van der Waals surface area contributed by atoms with Crippen molar-refractivity contribution in [1.29, 1.82) is 0 Å². The second-order valence-corrected chi connectivity index (χ2v) is 3.99. The summed E-state index contributed by atoms with van der Waals surface area (Å²) in [6.07, 6.45) is 0.795. The molecule has 0 unspecified atom stereocenters. The number of hydrogen-bond donors (Lipinski definition) is 2. The molecular weight excluding hydrogens is 204 g/mol. The number of hydrogen-bond acceptors (Lipinski definition) is 4. The van der Waals surface area contributed by atoms with Crippen LogP contribution in [0.1, 0.15) is 10.7 Å². The number of nitrogens with one attached hydrogen (secondary N) is 1. The Morgan fingerprint density at radius 2 is 2.54 bits per heavy atom. The zero-order valence-electron chi connectivity index (χ0n) is 7.41. The number of carbonyl (C=O) groups is 1. The first-order valence-corrected chi connectivity index (χ1v) is 5.52. The predicted octanol–water partition coefficient (Wildman–Crippen LogP) is 1.04. The van der Waals surface area contributed by atoms with E-state index in [1.807, 2.05) is 12.3 Å². The smallest absolute Gasteiger partial charge is 0.229 e. The number of aromatic nitrogens is 1. The highest BCUT2D eigenvalue weighted by Crippen LogP contribution is 2.07. The summed E-state index contributed by atoms with van der Waals surface area (Å²) in [4.78, 5) is 15.1. The van der Waals surface area contributed by atoms with E-state index in [0.29, 0.717) is 6.54 Å². The van der Waals surface area contributed by atoms with Gasteiger partial charge in [-0.15, -0.1) is 11.3 Å². The molecule has 1 rings (SSSR count). The van der Waals surface area contributed by atoms with Gasteiger partial charge in [-0.25, -0.2) is 4.98 Å². The summed E-state index contributed by atoms with van der Waals surface area (Å²) >= 11 is 5.48. The molecule has 0 atom stereocenters. The van der Waals surface area contributed by atoms with Crippen LogP contribution in [0.3, 0.4) is 0 Å². The Hall–Kier alpha value is -0.550. The molecule has 0 bridgehead atoms. The topological polar surface area (TPSA) is 42.0 Å². The van der Waals surface area contributed by atoms with Crippen LogP contribution in [0.5, 0.6) is 0 Å². The maximum absolute atomic E-state index is 10.8. The van der Waals surface area contributed by atoms with Crippen molar-refractivity contribution in [2.45, 2.75) is 13.3 Å². The molecule has 0 aromatic carbocycles. The molecule has 1 heterocycles. The molecule has 1 N–H and O–H groups in total. The van der Waals surface area contributed by atoms with Crippen molar-refractivity contribution >= 4 is 29.9 Å². The first-order chi connectivity index (χ1) is 6.22. The minimum absolute atomic E-state index is 0.0321. The minimum Gasteiger partial charge on any atom is -0.355 e. The van der Waals surface area contributed by atoms with E-state index in [0.717, 1.165) is 17.1 Å². The van der Waals surface area contributed by atoms with Gasteiger partial charge in [-0.2, -0.15) is 12.6 Å². The van der Waals surface area contributed by atoms with Crippen molar-refractivity contribution in [2.75, 3.05) is 12.3 Å². The average molecular weight is 216 g/mol. The summed E-state index contributed by atoms with van der Waals surface area (Å²) in [7, 11) is 0. The monoisotopic (exact) mass is 216 g/mol. The van der Waals surface area contributed by atoms with Crippen molar-refractivity contribution in [3.63, 3.8) is 0 Å². The van der Waals surface area contributed by atoms with Gasteiger partial charge in [-0.1, -0.05) is 0 Å². The zero-order valence-corrected chi connectivity index (χ0v) is 9.12. The number of thiol groups is 1. The van der Waals surface area contributed by atoms with Gasteiger partial charge in [0, 0.05) is 18.3 Å². The summed E-state index contributed by atoms with van der Waals surface area (Å²) in [5, 5.41) is 5.82. The van der Waals surface area contributed by atoms with Crippen LogP contribution < -0.4 is 5.32 Å². The maximum atomic E-state index is 10.8. The molecule has 1 aromatic rings. The van der Waals surface area contributed by atoms with Crippen LogP contribution in [0.2, 0.25) is 0 Å². The third-order valence-electron chi connectivity index (χ3n) is 1.51. The van der Waals surface area contributed by atoms with Crippen LogP contribution in [0.25, 0.3) is 0 Å². The molecule has 0 radical (unpaired) electrons. The summed E-state index contributed by atoms with van der Waals surface area (Å²) in [5.74, 6) is 0.214. The maximum Gasteiger partial charge on any atom is 0.229 e. The zero-order chi connectivity index (χ0) is 9.68. The van der Waals surface area contributed by atoms with Gasteiger partial charge in [0.25, 0.3) is 0 Å². The average Bonchev–Trinajstić information content (AvgIpc) is 2.51. The number of rotatable bonds is 4. The van der Waals surface area contributed by atoms with Gasteiger partial charge in [0.1, 0.15) is 0 Å². The van der Waals surface area contributed by atoms with Crippen LogP contribution in [0.4, 0.5) is 0 Å². The molecule has 3 nitrogen and oxygen atoms in total. The Morgan fingerprint density at radius 1 is 1.77 bits per heavy atom. The lowest BCUT2D eigenvalue weighted by molar-refractivity contribution is -0.118. The van der Waals surface area contributed by atoms with Gasteiger partial charge in [-0.3, -0.25) is 4.79 Å². The molecular formula is C8H12N2OS2. The molecule has 0 spiro atoms. The molecule has 1 amide bonds. The SMILES string of the molecule is Cc1nc(CCNC(=O)CS)cs1. The van der Waals surface area contributed by atoms with Crippen molar-refractivity contribution in [1.82, 2.24) is 10.3 Å². The second-order valence-electron chi connectivity index (χ2n) is 2.62. The molecule has 13 heavy (non-hydrogen) atoms. The van der Waals surface area contributed by atoms with Crippen molar-refractivity contribution in [3.8, 4) is 0 Å². The number of aryl methyl sites for hydroxylation is 1. The fourth-order valence-electron chi connectivity index (χ4n) is 0.909.